The molecule has 88 valence electrons. The van der Waals surface area contributed by atoms with Crippen molar-refractivity contribution in [3.63, 3.8) is 0 Å². The van der Waals surface area contributed by atoms with Crippen molar-refractivity contribution in [2.24, 2.45) is 0 Å². The van der Waals surface area contributed by atoms with Gasteiger partial charge in [0.15, 0.2) is 5.69 Å². The van der Waals surface area contributed by atoms with E-state index < -0.39 is 24.4 Å². The molecule has 0 aromatic carbocycles. The Morgan fingerprint density at radius 2 is 2.19 bits per heavy atom. The van der Waals surface area contributed by atoms with Crippen LogP contribution in [0.15, 0.2) is 6.20 Å². The van der Waals surface area contributed by atoms with Gasteiger partial charge in [-0.05, 0) is 11.6 Å². The van der Waals surface area contributed by atoms with Crippen molar-refractivity contribution in [2.75, 3.05) is 11.9 Å². The highest BCUT2D eigenvalue weighted by Gasteiger charge is 2.27. The van der Waals surface area contributed by atoms with Crippen molar-refractivity contribution in [1.82, 2.24) is 9.97 Å². The molecule has 0 radical (unpaired) electrons. The van der Waals surface area contributed by atoms with Crippen LogP contribution in [0.1, 0.15) is 10.5 Å². The standard InChI is InChI=1S/C7H5ClF3N3O2/c8-6-12-1-3(4(14-6)5(15)16)13-2-7(9,10)11/h1,13H,2H2,(H,15,16). The van der Waals surface area contributed by atoms with E-state index in [0.29, 0.717) is 0 Å². The molecule has 1 rings (SSSR count). The third-order valence-corrected chi connectivity index (χ3v) is 1.62. The van der Waals surface area contributed by atoms with Gasteiger partial charge >= 0.3 is 12.1 Å². The molecule has 0 aliphatic heterocycles. The minimum Gasteiger partial charge on any atom is -0.476 e. The Balaban J connectivity index is 2.91. The molecule has 0 aliphatic carbocycles. The fraction of sp³-hybridized carbons (Fsp3) is 0.286. The normalized spacial score (nSPS) is 11.2. The van der Waals surface area contributed by atoms with Gasteiger partial charge in [0.05, 0.1) is 11.9 Å². The molecule has 9 heteroatoms. The number of hydrogen-bond donors (Lipinski definition) is 2. The molecule has 0 spiro atoms. The van der Waals surface area contributed by atoms with Gasteiger partial charge in [-0.1, -0.05) is 0 Å². The lowest BCUT2D eigenvalue weighted by Crippen LogP contribution is -2.23. The molecule has 1 heterocycles. The fourth-order valence-corrected chi connectivity index (χ4v) is 0.981. The number of hydrogen-bond acceptors (Lipinski definition) is 4. The summed E-state index contributed by atoms with van der Waals surface area (Å²) in [5.41, 5.74) is -0.946. The molecule has 1 aromatic heterocycles. The van der Waals surface area contributed by atoms with Crippen LogP contribution in [0, 0.1) is 0 Å². The third-order valence-electron chi connectivity index (χ3n) is 1.44. The second kappa shape index (κ2) is 4.52. The molecule has 0 atom stereocenters. The Labute approximate surface area is 92.3 Å². The molecule has 0 saturated carbocycles. The monoisotopic (exact) mass is 255 g/mol. The predicted octanol–water partition coefficient (Wildman–Crippen LogP) is 1.80. The van der Waals surface area contributed by atoms with Gasteiger partial charge in [-0.2, -0.15) is 13.2 Å². The average molecular weight is 256 g/mol. The van der Waals surface area contributed by atoms with Crippen molar-refractivity contribution in [1.29, 1.82) is 0 Å². The number of carbonyl (C=O) groups is 1. The van der Waals surface area contributed by atoms with E-state index in [1.165, 1.54) is 0 Å². The van der Waals surface area contributed by atoms with Crippen LogP contribution < -0.4 is 5.32 Å². The van der Waals surface area contributed by atoms with Gasteiger partial charge in [-0.15, -0.1) is 0 Å². The quantitative estimate of drug-likeness (QED) is 0.806. The molecular formula is C7H5ClF3N3O2. The van der Waals surface area contributed by atoms with E-state index in [1.807, 2.05) is 5.32 Å². The Morgan fingerprint density at radius 3 is 2.69 bits per heavy atom. The summed E-state index contributed by atoms with van der Waals surface area (Å²) in [6, 6.07) is 0. The lowest BCUT2D eigenvalue weighted by molar-refractivity contribution is -0.115. The lowest BCUT2D eigenvalue weighted by atomic mass is 10.3. The van der Waals surface area contributed by atoms with E-state index in [-0.39, 0.29) is 11.0 Å². The number of nitrogens with zero attached hydrogens (tertiary/aromatic N) is 2. The number of nitrogens with one attached hydrogen (secondary N) is 1. The lowest BCUT2D eigenvalue weighted by Gasteiger charge is -2.10. The summed E-state index contributed by atoms with van der Waals surface area (Å²) in [4.78, 5) is 17.3. The second-order valence-electron chi connectivity index (χ2n) is 2.68. The maximum Gasteiger partial charge on any atom is 0.405 e. The topological polar surface area (TPSA) is 75.1 Å². The minimum absolute atomic E-state index is 0.339. The Morgan fingerprint density at radius 1 is 1.56 bits per heavy atom. The molecule has 0 unspecified atom stereocenters. The maximum atomic E-state index is 11.9. The molecule has 0 fully saturated rings. The number of carboxylic acid groups (broad SMARTS) is 1. The van der Waals surface area contributed by atoms with Crippen LogP contribution in [-0.4, -0.2) is 33.8 Å². The van der Waals surface area contributed by atoms with Crippen molar-refractivity contribution in [3.8, 4) is 0 Å². The van der Waals surface area contributed by atoms with Crippen LogP contribution in [0.5, 0.6) is 0 Å². The summed E-state index contributed by atoms with van der Waals surface area (Å²) in [6.45, 7) is -1.38. The Kier molecular flexibility index (Phi) is 3.53. The summed E-state index contributed by atoms with van der Waals surface area (Å²) >= 11 is 5.32. The number of rotatable bonds is 3. The zero-order chi connectivity index (χ0) is 12.3. The van der Waals surface area contributed by atoms with Crippen molar-refractivity contribution in [2.45, 2.75) is 6.18 Å². The van der Waals surface area contributed by atoms with Gasteiger partial charge in [0, 0.05) is 0 Å². The first-order valence-electron chi connectivity index (χ1n) is 3.86. The molecular weight excluding hydrogens is 251 g/mol. The first kappa shape index (κ1) is 12.5. The van der Waals surface area contributed by atoms with Crippen LogP contribution in [0.25, 0.3) is 0 Å². The molecule has 1 aromatic rings. The van der Waals surface area contributed by atoms with E-state index in [0.717, 1.165) is 6.20 Å². The summed E-state index contributed by atoms with van der Waals surface area (Å²) in [5, 5.41) is 10.2. The van der Waals surface area contributed by atoms with E-state index in [2.05, 4.69) is 9.97 Å². The van der Waals surface area contributed by atoms with Crippen LogP contribution in [0.2, 0.25) is 5.28 Å². The van der Waals surface area contributed by atoms with Gasteiger partial charge in [-0.3, -0.25) is 0 Å². The van der Waals surface area contributed by atoms with Crippen molar-refractivity contribution in [3.05, 3.63) is 17.2 Å². The first-order chi connectivity index (χ1) is 7.29. The number of carboxylic acids is 1. The Bertz CT molecular complexity index is 410. The Hall–Kier alpha value is -1.57. The van der Waals surface area contributed by atoms with Gasteiger partial charge in [0.2, 0.25) is 5.28 Å². The zero-order valence-corrected chi connectivity index (χ0v) is 8.30. The zero-order valence-electron chi connectivity index (χ0n) is 7.55. The van der Waals surface area contributed by atoms with Gasteiger partial charge < -0.3 is 10.4 Å². The summed E-state index contributed by atoms with van der Waals surface area (Å²) in [7, 11) is 0. The number of anilines is 1. The molecule has 0 saturated heterocycles. The third kappa shape index (κ3) is 3.54. The predicted molar refractivity (Wildman–Crippen MR) is 48.5 cm³/mol. The number of aromatic carboxylic acids is 1. The number of aromatic nitrogens is 2. The van der Waals surface area contributed by atoms with Crippen LogP contribution in [-0.2, 0) is 0 Å². The molecule has 0 bridgehead atoms. The number of halogens is 4. The molecule has 5 nitrogen and oxygen atoms in total. The SMILES string of the molecule is O=C(O)c1nc(Cl)ncc1NCC(F)(F)F. The molecule has 16 heavy (non-hydrogen) atoms. The van der Waals surface area contributed by atoms with E-state index >= 15 is 0 Å². The van der Waals surface area contributed by atoms with Crippen molar-refractivity contribution < 1.29 is 23.1 Å². The molecule has 0 aliphatic rings. The largest absolute Gasteiger partial charge is 0.476 e. The second-order valence-corrected chi connectivity index (χ2v) is 3.01. The summed E-state index contributed by atoms with van der Waals surface area (Å²) in [6.07, 6.45) is -3.58. The van der Waals surface area contributed by atoms with Crippen molar-refractivity contribution >= 4 is 23.3 Å². The fourth-order valence-electron chi connectivity index (χ4n) is 0.848. The van der Waals surface area contributed by atoms with Crippen LogP contribution >= 0.6 is 11.6 Å². The van der Waals surface area contributed by atoms with Crippen LogP contribution in [0.4, 0.5) is 18.9 Å². The minimum atomic E-state index is -4.46. The summed E-state index contributed by atoms with van der Waals surface area (Å²) < 4.78 is 35.6. The average Bonchev–Trinajstić information content (AvgIpc) is 2.14. The van der Waals surface area contributed by atoms with Gasteiger partial charge in [-0.25, -0.2) is 14.8 Å². The molecule has 2 N–H and O–H groups in total. The van der Waals surface area contributed by atoms with E-state index in [9.17, 15) is 18.0 Å². The highest BCUT2D eigenvalue weighted by atomic mass is 35.5. The first-order valence-corrected chi connectivity index (χ1v) is 4.24. The molecule has 0 amide bonds. The van der Waals surface area contributed by atoms with E-state index in [1.54, 1.807) is 0 Å². The van der Waals surface area contributed by atoms with Gasteiger partial charge in [0.25, 0.3) is 0 Å². The van der Waals surface area contributed by atoms with E-state index in [4.69, 9.17) is 16.7 Å². The smallest absolute Gasteiger partial charge is 0.405 e. The maximum absolute atomic E-state index is 11.9. The summed E-state index contributed by atoms with van der Waals surface area (Å²) in [5.74, 6) is -1.49. The van der Waals surface area contributed by atoms with Gasteiger partial charge in [0.1, 0.15) is 6.54 Å². The number of alkyl halides is 3. The highest BCUT2D eigenvalue weighted by molar-refractivity contribution is 6.28. The van der Waals surface area contributed by atoms with Crippen LogP contribution in [0.3, 0.4) is 0 Å². The highest BCUT2D eigenvalue weighted by Crippen LogP contribution is 2.19.